The van der Waals surface area contributed by atoms with E-state index in [-0.39, 0.29) is 0 Å². The Hall–Kier alpha value is 0.960. The first kappa shape index (κ1) is 9.51. The van der Waals surface area contributed by atoms with Gasteiger partial charge in [-0.2, -0.15) is 0 Å². The summed E-state index contributed by atoms with van der Waals surface area (Å²) in [5.41, 5.74) is 0. The van der Waals surface area contributed by atoms with Crippen molar-refractivity contribution in [1.82, 2.24) is 0 Å². The van der Waals surface area contributed by atoms with Gasteiger partial charge in [0.05, 0.1) is 0 Å². The molecule has 0 aromatic rings. The Labute approximate surface area is 91.7 Å². The van der Waals surface area contributed by atoms with E-state index in [1.165, 1.54) is 38.5 Å². The minimum absolute atomic E-state index is 0.403. The van der Waals surface area contributed by atoms with Gasteiger partial charge in [0.25, 0.3) is 0 Å². The van der Waals surface area contributed by atoms with E-state index in [2.05, 4.69) is 38.8 Å². The van der Waals surface area contributed by atoms with Gasteiger partial charge in [0, 0.05) is 8.65 Å². The second kappa shape index (κ2) is 2.98. The van der Waals surface area contributed by atoms with Crippen molar-refractivity contribution >= 4 is 31.9 Å². The van der Waals surface area contributed by atoms with Gasteiger partial charge in [-0.1, -0.05) is 44.7 Å². The molecule has 2 aliphatic rings. The van der Waals surface area contributed by atoms with E-state index >= 15 is 0 Å². The molecular weight excluding hydrogens is 280 g/mol. The van der Waals surface area contributed by atoms with Crippen molar-refractivity contribution in [3.8, 4) is 0 Å². The molecule has 0 aromatic heterocycles. The maximum atomic E-state index is 3.93. The van der Waals surface area contributed by atoms with E-state index in [4.69, 9.17) is 0 Å². The van der Waals surface area contributed by atoms with Crippen LogP contribution in [0.15, 0.2) is 0 Å². The molecule has 2 fully saturated rings. The van der Waals surface area contributed by atoms with E-state index in [0.717, 1.165) is 5.92 Å². The highest BCUT2D eigenvalue weighted by Crippen LogP contribution is 2.54. The van der Waals surface area contributed by atoms with Gasteiger partial charge in [-0.15, -0.1) is 0 Å². The maximum absolute atomic E-state index is 3.93. The summed E-state index contributed by atoms with van der Waals surface area (Å²) in [5.74, 6) is 0.969. The van der Waals surface area contributed by atoms with Gasteiger partial charge < -0.3 is 0 Å². The molecule has 0 spiro atoms. The normalized spacial score (nSPS) is 53.8. The summed E-state index contributed by atoms with van der Waals surface area (Å²) in [6.07, 6.45) is 8.35. The highest BCUT2D eigenvalue weighted by Gasteiger charge is 2.45. The lowest BCUT2D eigenvalue weighted by atomic mass is 9.68. The highest BCUT2D eigenvalue weighted by molar-refractivity contribution is 9.10. The first-order valence-corrected chi connectivity index (χ1v) is 6.46. The summed E-state index contributed by atoms with van der Waals surface area (Å²) in [4.78, 5) is 0. The van der Waals surface area contributed by atoms with Crippen LogP contribution in [0.2, 0.25) is 0 Å². The van der Waals surface area contributed by atoms with Crippen LogP contribution >= 0.6 is 31.9 Å². The van der Waals surface area contributed by atoms with Crippen LogP contribution in [0.3, 0.4) is 0 Å². The Balaban J connectivity index is 2.16. The fraction of sp³-hybridized carbons (Fsp3) is 1.00. The molecule has 3 unspecified atom stereocenters. The highest BCUT2D eigenvalue weighted by atomic mass is 79.9. The fourth-order valence-corrected chi connectivity index (χ4v) is 5.83. The number of hydrogen-bond acceptors (Lipinski definition) is 0. The second-order valence-electron chi connectivity index (χ2n) is 4.91. The van der Waals surface area contributed by atoms with Crippen LogP contribution in [0.5, 0.6) is 0 Å². The molecule has 0 radical (unpaired) electrons. The van der Waals surface area contributed by atoms with Crippen molar-refractivity contribution in [2.45, 2.75) is 54.1 Å². The minimum atomic E-state index is 0.403. The smallest absolute Gasteiger partial charge is 0.0273 e. The Bertz CT molecular complexity index is 186. The van der Waals surface area contributed by atoms with Gasteiger partial charge in [0.2, 0.25) is 0 Å². The molecule has 0 aliphatic heterocycles. The quantitative estimate of drug-likeness (QED) is 0.586. The second-order valence-corrected chi connectivity index (χ2v) is 8.50. The lowest BCUT2D eigenvalue weighted by Gasteiger charge is -2.47. The summed E-state index contributed by atoms with van der Waals surface area (Å²) in [5, 5.41) is 0. The average Bonchev–Trinajstić information content (AvgIpc) is 1.79. The van der Waals surface area contributed by atoms with Crippen molar-refractivity contribution < 1.29 is 0 Å². The summed E-state index contributed by atoms with van der Waals surface area (Å²) in [6.45, 7) is 2.35. The third kappa shape index (κ3) is 1.89. The molecule has 0 aromatic carbocycles. The van der Waals surface area contributed by atoms with Gasteiger partial charge in [0.15, 0.2) is 0 Å². The number of fused-ring (bicyclic) bond motifs is 2. The molecule has 0 N–H and O–H groups in total. The Morgan fingerprint density at radius 1 is 1.25 bits per heavy atom. The Morgan fingerprint density at radius 3 is 2.67 bits per heavy atom. The van der Waals surface area contributed by atoms with Crippen LogP contribution in [0, 0.1) is 5.92 Å². The molecule has 2 aliphatic carbocycles. The zero-order chi connectivity index (χ0) is 8.82. The third-order valence-corrected chi connectivity index (χ3v) is 4.90. The van der Waals surface area contributed by atoms with E-state index in [1.54, 1.807) is 0 Å². The van der Waals surface area contributed by atoms with Crippen LogP contribution in [0.25, 0.3) is 0 Å². The van der Waals surface area contributed by atoms with E-state index < -0.39 is 0 Å². The van der Waals surface area contributed by atoms with Gasteiger partial charge in [0.1, 0.15) is 0 Å². The molecule has 2 bridgehead atoms. The predicted molar refractivity (Wildman–Crippen MR) is 60.2 cm³/mol. The van der Waals surface area contributed by atoms with E-state index in [1.807, 2.05) is 0 Å². The fourth-order valence-electron chi connectivity index (χ4n) is 3.10. The molecule has 0 nitrogen and oxygen atoms in total. The molecular formula is C10H16Br2. The summed E-state index contributed by atoms with van der Waals surface area (Å²) >= 11 is 7.79. The van der Waals surface area contributed by atoms with Gasteiger partial charge >= 0.3 is 0 Å². The summed E-state index contributed by atoms with van der Waals surface area (Å²) in [7, 11) is 0. The Morgan fingerprint density at radius 2 is 2.00 bits per heavy atom. The molecule has 0 amide bonds. The van der Waals surface area contributed by atoms with Gasteiger partial charge in [-0.3, -0.25) is 0 Å². The van der Waals surface area contributed by atoms with Crippen molar-refractivity contribution in [2.75, 3.05) is 0 Å². The van der Waals surface area contributed by atoms with E-state index in [9.17, 15) is 0 Å². The van der Waals surface area contributed by atoms with Gasteiger partial charge in [-0.25, -0.2) is 0 Å². The van der Waals surface area contributed by atoms with Crippen LogP contribution in [0.1, 0.15) is 45.4 Å². The predicted octanol–water partition coefficient (Wildman–Crippen LogP) is 4.26. The number of alkyl halides is 2. The zero-order valence-electron chi connectivity index (χ0n) is 7.58. The number of hydrogen-bond donors (Lipinski definition) is 0. The molecule has 0 heterocycles. The topological polar surface area (TPSA) is 0 Å². The summed E-state index contributed by atoms with van der Waals surface area (Å²) < 4.78 is 0.881. The van der Waals surface area contributed by atoms with Crippen LogP contribution < -0.4 is 0 Å². The third-order valence-electron chi connectivity index (χ3n) is 3.29. The summed E-state index contributed by atoms with van der Waals surface area (Å²) in [6, 6.07) is 0. The van der Waals surface area contributed by atoms with Crippen molar-refractivity contribution in [3.05, 3.63) is 0 Å². The first-order valence-electron chi connectivity index (χ1n) is 4.87. The number of halogens is 2. The maximum Gasteiger partial charge on any atom is 0.0273 e. The average molecular weight is 296 g/mol. The monoisotopic (exact) mass is 294 g/mol. The molecule has 3 atom stereocenters. The molecule has 2 saturated carbocycles. The zero-order valence-corrected chi connectivity index (χ0v) is 10.7. The lowest BCUT2D eigenvalue weighted by molar-refractivity contribution is 0.195. The van der Waals surface area contributed by atoms with Crippen LogP contribution in [-0.2, 0) is 0 Å². The Kier molecular flexibility index (Phi) is 2.36. The molecule has 12 heavy (non-hydrogen) atoms. The van der Waals surface area contributed by atoms with Crippen molar-refractivity contribution in [3.63, 3.8) is 0 Å². The van der Waals surface area contributed by atoms with E-state index in [0.29, 0.717) is 8.65 Å². The molecule has 2 rings (SSSR count). The largest absolute Gasteiger partial charge is 0.0856 e. The molecule has 70 valence electrons. The van der Waals surface area contributed by atoms with Crippen LogP contribution in [-0.4, -0.2) is 8.65 Å². The minimum Gasteiger partial charge on any atom is -0.0856 e. The standard InChI is InChI=1S/C10H16Br2/c1-9(11)5-8-3-2-4-10(12,6-8)7-9/h8H,2-7H2,1H3. The van der Waals surface area contributed by atoms with Crippen LogP contribution in [0.4, 0.5) is 0 Å². The number of rotatable bonds is 0. The lowest BCUT2D eigenvalue weighted by Crippen LogP contribution is -2.43. The molecule has 2 heteroatoms. The van der Waals surface area contributed by atoms with Gasteiger partial charge in [-0.05, 0) is 38.5 Å². The molecule has 0 saturated heterocycles. The van der Waals surface area contributed by atoms with Crippen molar-refractivity contribution in [2.24, 2.45) is 5.92 Å². The van der Waals surface area contributed by atoms with Crippen molar-refractivity contribution in [1.29, 1.82) is 0 Å². The SMILES string of the molecule is CC1(Br)CC2CCCC(Br)(C2)C1. The first-order chi connectivity index (χ1) is 5.49.